The summed E-state index contributed by atoms with van der Waals surface area (Å²) < 4.78 is 0. The number of rotatable bonds is 2. The molecule has 1 aliphatic rings. The van der Waals surface area contributed by atoms with Crippen molar-refractivity contribution in [1.82, 2.24) is 5.32 Å². The van der Waals surface area contributed by atoms with Crippen LogP contribution in [0.4, 0.5) is 0 Å². The smallest absolute Gasteiger partial charge is 0.0627 e. The first-order valence-corrected chi connectivity index (χ1v) is 4.74. The molecule has 0 aromatic rings. The van der Waals surface area contributed by atoms with Crippen molar-refractivity contribution in [3.8, 4) is 6.07 Å². The minimum atomic E-state index is 0.308. The van der Waals surface area contributed by atoms with Crippen LogP contribution in [-0.2, 0) is 0 Å². The second-order valence-electron chi connectivity index (χ2n) is 4.21. The third-order valence-corrected chi connectivity index (χ3v) is 3.11. The summed E-state index contributed by atoms with van der Waals surface area (Å²) in [5, 5.41) is 11.9. The highest BCUT2D eigenvalue weighted by molar-refractivity contribution is 4.90. The van der Waals surface area contributed by atoms with E-state index in [1.54, 1.807) is 0 Å². The summed E-state index contributed by atoms with van der Waals surface area (Å²) in [5.74, 6) is 0. The topological polar surface area (TPSA) is 35.8 Å². The molecule has 1 N–H and O–H groups in total. The molecule has 0 unspecified atom stereocenters. The van der Waals surface area contributed by atoms with E-state index in [2.05, 4.69) is 18.3 Å². The van der Waals surface area contributed by atoms with Crippen LogP contribution >= 0.6 is 0 Å². The molecule has 1 rings (SSSR count). The molecule has 0 atom stereocenters. The molecule has 0 aromatic carbocycles. The molecule has 2 heteroatoms. The standard InChI is InChI=1S/C10H18N2/c1-10(7-8-11)5-3-9(12-2)4-6-10/h9,12H,3-7H2,1-2H3/t9-,10+. The summed E-state index contributed by atoms with van der Waals surface area (Å²) in [5.41, 5.74) is 0.308. The maximum Gasteiger partial charge on any atom is 0.0627 e. The van der Waals surface area contributed by atoms with Gasteiger partial charge in [-0.3, -0.25) is 0 Å². The van der Waals surface area contributed by atoms with E-state index in [0.717, 1.165) is 6.42 Å². The molecule has 0 radical (unpaired) electrons. The van der Waals surface area contributed by atoms with Crippen molar-refractivity contribution in [2.24, 2.45) is 5.41 Å². The van der Waals surface area contributed by atoms with Gasteiger partial charge in [-0.2, -0.15) is 5.26 Å². The van der Waals surface area contributed by atoms with E-state index >= 15 is 0 Å². The van der Waals surface area contributed by atoms with E-state index in [1.807, 2.05) is 7.05 Å². The minimum absolute atomic E-state index is 0.308. The molecule has 0 bridgehead atoms. The van der Waals surface area contributed by atoms with Crippen LogP contribution in [0.25, 0.3) is 0 Å². The Kier molecular flexibility index (Phi) is 3.11. The molecule has 68 valence electrons. The van der Waals surface area contributed by atoms with Crippen LogP contribution in [0.3, 0.4) is 0 Å². The van der Waals surface area contributed by atoms with Gasteiger partial charge < -0.3 is 5.32 Å². The highest BCUT2D eigenvalue weighted by atomic mass is 14.9. The quantitative estimate of drug-likeness (QED) is 0.681. The van der Waals surface area contributed by atoms with Crippen molar-refractivity contribution in [1.29, 1.82) is 5.26 Å². The second-order valence-corrected chi connectivity index (χ2v) is 4.21. The lowest BCUT2D eigenvalue weighted by Crippen LogP contribution is -2.34. The van der Waals surface area contributed by atoms with Crippen LogP contribution in [0, 0.1) is 16.7 Å². The minimum Gasteiger partial charge on any atom is -0.317 e. The average molecular weight is 166 g/mol. The Morgan fingerprint density at radius 3 is 2.50 bits per heavy atom. The lowest BCUT2D eigenvalue weighted by Gasteiger charge is -2.35. The normalized spacial score (nSPS) is 35.9. The van der Waals surface area contributed by atoms with Crippen molar-refractivity contribution in [3.05, 3.63) is 0 Å². The van der Waals surface area contributed by atoms with Crippen molar-refractivity contribution in [2.75, 3.05) is 7.05 Å². The van der Waals surface area contributed by atoms with Gasteiger partial charge in [0.15, 0.2) is 0 Å². The van der Waals surface area contributed by atoms with Crippen LogP contribution in [-0.4, -0.2) is 13.1 Å². The third kappa shape index (κ3) is 2.22. The van der Waals surface area contributed by atoms with Gasteiger partial charge in [0.25, 0.3) is 0 Å². The van der Waals surface area contributed by atoms with E-state index in [-0.39, 0.29) is 0 Å². The van der Waals surface area contributed by atoms with E-state index in [0.29, 0.717) is 11.5 Å². The maximum absolute atomic E-state index is 8.64. The molecule has 0 amide bonds. The summed E-state index contributed by atoms with van der Waals surface area (Å²) in [6.45, 7) is 2.24. The molecule has 1 saturated carbocycles. The number of nitriles is 1. The van der Waals surface area contributed by atoms with Gasteiger partial charge in [-0.25, -0.2) is 0 Å². The molecule has 12 heavy (non-hydrogen) atoms. The van der Waals surface area contributed by atoms with E-state index in [4.69, 9.17) is 5.26 Å². The van der Waals surface area contributed by atoms with Crippen LogP contribution < -0.4 is 5.32 Å². The predicted molar refractivity (Wildman–Crippen MR) is 49.7 cm³/mol. The Labute approximate surface area is 75.0 Å². The Balaban J connectivity index is 2.39. The van der Waals surface area contributed by atoms with Gasteiger partial charge in [0.1, 0.15) is 0 Å². The Hall–Kier alpha value is -0.550. The molecular formula is C10H18N2. The summed E-state index contributed by atoms with van der Waals surface area (Å²) in [7, 11) is 2.03. The van der Waals surface area contributed by atoms with E-state index < -0.39 is 0 Å². The third-order valence-electron chi connectivity index (χ3n) is 3.11. The van der Waals surface area contributed by atoms with Crippen molar-refractivity contribution >= 4 is 0 Å². The van der Waals surface area contributed by atoms with Gasteiger partial charge in [0.2, 0.25) is 0 Å². The van der Waals surface area contributed by atoms with E-state index in [1.165, 1.54) is 25.7 Å². The van der Waals surface area contributed by atoms with Crippen LogP contribution in [0.15, 0.2) is 0 Å². The number of nitrogens with one attached hydrogen (secondary N) is 1. The van der Waals surface area contributed by atoms with Crippen molar-refractivity contribution in [2.45, 2.75) is 45.1 Å². The molecule has 1 fully saturated rings. The highest BCUT2D eigenvalue weighted by Crippen LogP contribution is 2.38. The maximum atomic E-state index is 8.64. The fourth-order valence-electron chi connectivity index (χ4n) is 1.97. The largest absolute Gasteiger partial charge is 0.317 e. The van der Waals surface area contributed by atoms with Gasteiger partial charge in [-0.05, 0) is 38.1 Å². The zero-order valence-electron chi connectivity index (χ0n) is 8.06. The molecule has 0 aromatic heterocycles. The fourth-order valence-corrected chi connectivity index (χ4v) is 1.97. The Morgan fingerprint density at radius 2 is 2.08 bits per heavy atom. The number of hydrogen-bond donors (Lipinski definition) is 1. The lowest BCUT2D eigenvalue weighted by molar-refractivity contribution is 0.193. The summed E-state index contributed by atoms with van der Waals surface area (Å²) >= 11 is 0. The first kappa shape index (κ1) is 9.54. The zero-order chi connectivity index (χ0) is 9.03. The first-order chi connectivity index (χ1) is 5.70. The van der Waals surface area contributed by atoms with Crippen LogP contribution in [0.2, 0.25) is 0 Å². The van der Waals surface area contributed by atoms with Crippen LogP contribution in [0.5, 0.6) is 0 Å². The summed E-state index contributed by atoms with van der Waals surface area (Å²) in [6, 6.07) is 2.98. The molecule has 0 spiro atoms. The number of nitrogens with zero attached hydrogens (tertiary/aromatic N) is 1. The van der Waals surface area contributed by atoms with Crippen molar-refractivity contribution < 1.29 is 0 Å². The van der Waals surface area contributed by atoms with Crippen LogP contribution in [0.1, 0.15) is 39.0 Å². The molecule has 0 aliphatic heterocycles. The second kappa shape index (κ2) is 3.91. The zero-order valence-corrected chi connectivity index (χ0v) is 8.06. The van der Waals surface area contributed by atoms with E-state index in [9.17, 15) is 0 Å². The van der Waals surface area contributed by atoms with Gasteiger partial charge in [-0.1, -0.05) is 6.92 Å². The Morgan fingerprint density at radius 1 is 1.50 bits per heavy atom. The molecule has 1 aliphatic carbocycles. The van der Waals surface area contributed by atoms with Gasteiger partial charge >= 0.3 is 0 Å². The molecule has 0 heterocycles. The summed E-state index contributed by atoms with van der Waals surface area (Å²) in [6.07, 6.45) is 5.59. The summed E-state index contributed by atoms with van der Waals surface area (Å²) in [4.78, 5) is 0. The predicted octanol–water partition coefficient (Wildman–Crippen LogP) is 2.07. The number of hydrogen-bond acceptors (Lipinski definition) is 2. The van der Waals surface area contributed by atoms with Crippen molar-refractivity contribution in [3.63, 3.8) is 0 Å². The Bertz CT molecular complexity index is 173. The lowest BCUT2D eigenvalue weighted by atomic mass is 9.72. The average Bonchev–Trinajstić information content (AvgIpc) is 2.06. The fraction of sp³-hybridized carbons (Fsp3) is 0.900. The highest BCUT2D eigenvalue weighted by Gasteiger charge is 2.29. The molecular weight excluding hydrogens is 148 g/mol. The SMILES string of the molecule is CN[C@H]1CC[C@@](C)(CC#N)CC1. The first-order valence-electron chi connectivity index (χ1n) is 4.74. The van der Waals surface area contributed by atoms with Gasteiger partial charge in [-0.15, -0.1) is 0 Å². The van der Waals surface area contributed by atoms with Gasteiger partial charge in [0.05, 0.1) is 6.07 Å². The molecule has 2 nitrogen and oxygen atoms in total. The van der Waals surface area contributed by atoms with Gasteiger partial charge in [0, 0.05) is 12.5 Å². The molecule has 0 saturated heterocycles. The monoisotopic (exact) mass is 166 g/mol.